The van der Waals surface area contributed by atoms with Crippen LogP contribution in [0.5, 0.6) is 0 Å². The maximum absolute atomic E-state index is 12.4. The van der Waals surface area contributed by atoms with E-state index in [9.17, 15) is 9.59 Å². The SMILES string of the molecule is CCO[C@@H]1C[C@@H](NC(=O)[C@H](C)NC(=O)c2ccoc2)C12CCC2. The van der Waals surface area contributed by atoms with Crippen LogP contribution in [0.15, 0.2) is 23.0 Å². The molecule has 2 aliphatic rings. The second kappa shape index (κ2) is 6.35. The Kier molecular flexibility index (Phi) is 4.43. The number of ether oxygens (including phenoxy) is 1. The van der Waals surface area contributed by atoms with Gasteiger partial charge in [0.25, 0.3) is 5.91 Å². The highest BCUT2D eigenvalue weighted by Crippen LogP contribution is 2.57. The van der Waals surface area contributed by atoms with Crippen molar-refractivity contribution in [2.24, 2.45) is 5.41 Å². The van der Waals surface area contributed by atoms with Gasteiger partial charge in [0.05, 0.1) is 17.9 Å². The zero-order valence-corrected chi connectivity index (χ0v) is 13.6. The summed E-state index contributed by atoms with van der Waals surface area (Å²) < 4.78 is 10.7. The van der Waals surface area contributed by atoms with Crippen molar-refractivity contribution in [2.75, 3.05) is 6.61 Å². The summed E-state index contributed by atoms with van der Waals surface area (Å²) >= 11 is 0. The Balaban J connectivity index is 1.52. The van der Waals surface area contributed by atoms with Crippen molar-refractivity contribution >= 4 is 11.8 Å². The molecule has 2 fully saturated rings. The van der Waals surface area contributed by atoms with Gasteiger partial charge in [0.15, 0.2) is 0 Å². The minimum absolute atomic E-state index is 0.125. The number of hydrogen-bond acceptors (Lipinski definition) is 4. The molecule has 3 atom stereocenters. The van der Waals surface area contributed by atoms with Gasteiger partial charge < -0.3 is 19.8 Å². The van der Waals surface area contributed by atoms with E-state index in [4.69, 9.17) is 9.15 Å². The van der Waals surface area contributed by atoms with Gasteiger partial charge in [0, 0.05) is 18.1 Å². The first-order valence-corrected chi connectivity index (χ1v) is 8.32. The van der Waals surface area contributed by atoms with E-state index in [1.54, 1.807) is 13.0 Å². The van der Waals surface area contributed by atoms with Crippen molar-refractivity contribution in [3.63, 3.8) is 0 Å². The molecule has 126 valence electrons. The topological polar surface area (TPSA) is 80.6 Å². The molecule has 0 unspecified atom stereocenters. The second-order valence-electron chi connectivity index (χ2n) is 6.53. The van der Waals surface area contributed by atoms with Gasteiger partial charge in [-0.2, -0.15) is 0 Å². The highest BCUT2D eigenvalue weighted by molar-refractivity contribution is 5.97. The highest BCUT2D eigenvalue weighted by atomic mass is 16.5. The predicted molar refractivity (Wildman–Crippen MR) is 83.9 cm³/mol. The lowest BCUT2D eigenvalue weighted by Gasteiger charge is -2.61. The molecule has 1 aromatic rings. The maximum Gasteiger partial charge on any atom is 0.255 e. The number of hydrogen-bond donors (Lipinski definition) is 2. The number of rotatable bonds is 6. The van der Waals surface area contributed by atoms with Crippen molar-refractivity contribution in [2.45, 2.75) is 57.7 Å². The Morgan fingerprint density at radius 2 is 2.26 bits per heavy atom. The van der Waals surface area contributed by atoms with Gasteiger partial charge in [-0.05, 0) is 39.2 Å². The Labute approximate surface area is 135 Å². The predicted octanol–water partition coefficient (Wildman–Crippen LogP) is 1.86. The van der Waals surface area contributed by atoms with Crippen LogP contribution in [0.2, 0.25) is 0 Å². The molecule has 3 rings (SSSR count). The molecule has 0 aliphatic heterocycles. The fraction of sp³-hybridized carbons (Fsp3) is 0.647. The molecular weight excluding hydrogens is 296 g/mol. The van der Waals surface area contributed by atoms with Gasteiger partial charge in [-0.25, -0.2) is 0 Å². The van der Waals surface area contributed by atoms with Crippen LogP contribution in [0.1, 0.15) is 49.9 Å². The van der Waals surface area contributed by atoms with Crippen molar-refractivity contribution in [3.05, 3.63) is 24.2 Å². The Morgan fingerprint density at radius 1 is 1.48 bits per heavy atom. The van der Waals surface area contributed by atoms with E-state index in [1.165, 1.54) is 18.9 Å². The molecule has 6 nitrogen and oxygen atoms in total. The summed E-state index contributed by atoms with van der Waals surface area (Å²) in [6.45, 7) is 4.41. The van der Waals surface area contributed by atoms with Crippen LogP contribution in [0.4, 0.5) is 0 Å². The monoisotopic (exact) mass is 320 g/mol. The summed E-state index contributed by atoms with van der Waals surface area (Å²) in [6, 6.07) is 1.15. The lowest BCUT2D eigenvalue weighted by atomic mass is 9.51. The fourth-order valence-corrected chi connectivity index (χ4v) is 3.68. The Morgan fingerprint density at radius 3 is 2.83 bits per heavy atom. The van der Waals surface area contributed by atoms with Gasteiger partial charge in [-0.3, -0.25) is 9.59 Å². The van der Waals surface area contributed by atoms with E-state index in [-0.39, 0.29) is 29.4 Å². The van der Waals surface area contributed by atoms with E-state index < -0.39 is 6.04 Å². The van der Waals surface area contributed by atoms with E-state index in [2.05, 4.69) is 10.6 Å². The van der Waals surface area contributed by atoms with Gasteiger partial charge in [-0.15, -0.1) is 0 Å². The minimum Gasteiger partial charge on any atom is -0.472 e. The van der Waals surface area contributed by atoms with Crippen molar-refractivity contribution in [1.82, 2.24) is 10.6 Å². The number of furan rings is 1. The lowest BCUT2D eigenvalue weighted by Crippen LogP contribution is -2.68. The largest absolute Gasteiger partial charge is 0.472 e. The average molecular weight is 320 g/mol. The summed E-state index contributed by atoms with van der Waals surface area (Å²) in [5, 5.41) is 5.78. The normalized spacial score (nSPS) is 26.0. The standard InChI is InChI=1S/C17H24N2O4/c1-3-23-14-9-13(17(14)6-4-7-17)19-15(20)11(2)18-16(21)12-5-8-22-10-12/h5,8,10-11,13-14H,3-4,6-7,9H2,1-2H3,(H,18,21)(H,19,20)/t11-,13+,14+/m0/s1. The summed E-state index contributed by atoms with van der Waals surface area (Å²) in [4.78, 5) is 24.3. The summed E-state index contributed by atoms with van der Waals surface area (Å²) in [7, 11) is 0. The number of nitrogens with one attached hydrogen (secondary N) is 2. The third-order valence-corrected chi connectivity index (χ3v) is 5.28. The van der Waals surface area contributed by atoms with Crippen LogP contribution in [0.3, 0.4) is 0 Å². The van der Waals surface area contributed by atoms with Crippen LogP contribution in [-0.4, -0.2) is 36.6 Å². The molecule has 1 aromatic heterocycles. The lowest BCUT2D eigenvalue weighted by molar-refractivity contribution is -0.176. The first kappa shape index (κ1) is 16.1. The molecule has 23 heavy (non-hydrogen) atoms. The van der Waals surface area contributed by atoms with Gasteiger partial charge in [0.1, 0.15) is 12.3 Å². The van der Waals surface area contributed by atoms with E-state index in [1.807, 2.05) is 6.92 Å². The van der Waals surface area contributed by atoms with E-state index >= 15 is 0 Å². The molecule has 0 radical (unpaired) electrons. The van der Waals surface area contributed by atoms with E-state index in [0.717, 1.165) is 19.3 Å². The molecule has 2 amide bonds. The average Bonchev–Trinajstić information content (AvgIpc) is 2.98. The highest BCUT2D eigenvalue weighted by Gasteiger charge is 2.59. The van der Waals surface area contributed by atoms with E-state index in [0.29, 0.717) is 12.2 Å². The quantitative estimate of drug-likeness (QED) is 0.838. The number of carbonyl (C=O) groups is 2. The maximum atomic E-state index is 12.4. The molecular formula is C17H24N2O4. The van der Waals surface area contributed by atoms with Crippen molar-refractivity contribution < 1.29 is 18.7 Å². The Hall–Kier alpha value is -1.82. The van der Waals surface area contributed by atoms with Crippen LogP contribution in [-0.2, 0) is 9.53 Å². The molecule has 1 heterocycles. The van der Waals surface area contributed by atoms with Crippen LogP contribution in [0, 0.1) is 5.41 Å². The van der Waals surface area contributed by atoms with Crippen LogP contribution >= 0.6 is 0 Å². The molecule has 6 heteroatoms. The van der Waals surface area contributed by atoms with Crippen molar-refractivity contribution in [3.8, 4) is 0 Å². The van der Waals surface area contributed by atoms with Crippen LogP contribution in [0.25, 0.3) is 0 Å². The number of carbonyl (C=O) groups excluding carboxylic acids is 2. The third-order valence-electron chi connectivity index (χ3n) is 5.28. The van der Waals surface area contributed by atoms with Gasteiger partial charge in [0.2, 0.25) is 5.91 Å². The second-order valence-corrected chi connectivity index (χ2v) is 6.53. The number of amides is 2. The van der Waals surface area contributed by atoms with Crippen molar-refractivity contribution in [1.29, 1.82) is 0 Å². The molecule has 0 bridgehead atoms. The van der Waals surface area contributed by atoms with Gasteiger partial charge in [-0.1, -0.05) is 6.42 Å². The zero-order chi connectivity index (χ0) is 16.4. The smallest absolute Gasteiger partial charge is 0.255 e. The summed E-state index contributed by atoms with van der Waals surface area (Å²) in [5.74, 6) is -0.450. The summed E-state index contributed by atoms with van der Waals surface area (Å²) in [5.41, 5.74) is 0.542. The molecule has 2 N–H and O–H groups in total. The Bertz CT molecular complexity index is 565. The molecule has 2 aliphatic carbocycles. The van der Waals surface area contributed by atoms with Crippen LogP contribution < -0.4 is 10.6 Å². The molecule has 0 aromatic carbocycles. The molecule has 0 saturated heterocycles. The first-order chi connectivity index (χ1) is 11.1. The minimum atomic E-state index is -0.583. The molecule has 2 saturated carbocycles. The molecule has 1 spiro atoms. The fourth-order valence-electron chi connectivity index (χ4n) is 3.68. The summed E-state index contributed by atoms with van der Waals surface area (Å²) in [6.07, 6.45) is 7.34. The first-order valence-electron chi connectivity index (χ1n) is 8.32. The third kappa shape index (κ3) is 2.87. The zero-order valence-electron chi connectivity index (χ0n) is 13.6. The van der Waals surface area contributed by atoms with Gasteiger partial charge >= 0.3 is 0 Å².